The first-order valence-corrected chi connectivity index (χ1v) is 7.25. The van der Waals surface area contributed by atoms with Gasteiger partial charge in [-0.05, 0) is 35.4 Å². The van der Waals surface area contributed by atoms with Gasteiger partial charge in [-0.15, -0.1) is 0 Å². The van der Waals surface area contributed by atoms with Gasteiger partial charge in [-0.2, -0.15) is 0 Å². The number of halogens is 4. The summed E-state index contributed by atoms with van der Waals surface area (Å²) < 4.78 is 0. The van der Waals surface area contributed by atoms with E-state index in [1.54, 1.807) is 12.1 Å². The van der Waals surface area contributed by atoms with Crippen LogP contribution in [0, 0.1) is 0 Å². The molecule has 0 fully saturated rings. The Morgan fingerprint density at radius 2 is 1.68 bits per heavy atom. The minimum absolute atomic E-state index is 0.140. The summed E-state index contributed by atoms with van der Waals surface area (Å²) in [6.07, 6.45) is 0.809. The van der Waals surface area contributed by atoms with Crippen molar-refractivity contribution in [2.24, 2.45) is 0 Å². The predicted molar refractivity (Wildman–Crippen MR) is 83.0 cm³/mol. The van der Waals surface area contributed by atoms with Gasteiger partial charge >= 0.3 is 0 Å². The minimum atomic E-state index is 0.140. The molecule has 1 heterocycles. The highest BCUT2D eigenvalue weighted by Crippen LogP contribution is 2.40. The van der Waals surface area contributed by atoms with E-state index in [9.17, 15) is 0 Å². The van der Waals surface area contributed by atoms with E-state index < -0.39 is 0 Å². The third-order valence-corrected chi connectivity index (χ3v) is 4.54. The van der Waals surface area contributed by atoms with Gasteiger partial charge in [-0.1, -0.05) is 52.5 Å². The second-order valence-electron chi connectivity index (χ2n) is 4.49. The Morgan fingerprint density at radius 3 is 2.42 bits per heavy atom. The summed E-state index contributed by atoms with van der Waals surface area (Å²) >= 11 is 24.2. The van der Waals surface area contributed by atoms with Gasteiger partial charge in [0.25, 0.3) is 0 Å². The number of anilines is 1. The average molecular weight is 333 g/mol. The van der Waals surface area contributed by atoms with Crippen LogP contribution in [0.3, 0.4) is 0 Å². The van der Waals surface area contributed by atoms with E-state index in [2.05, 4.69) is 5.32 Å². The van der Waals surface area contributed by atoms with E-state index in [4.69, 9.17) is 46.4 Å². The van der Waals surface area contributed by atoms with Gasteiger partial charge in [-0.3, -0.25) is 0 Å². The van der Waals surface area contributed by atoms with Crippen LogP contribution in [0.1, 0.15) is 17.2 Å². The molecule has 1 aliphatic rings. The second kappa shape index (κ2) is 5.06. The third kappa shape index (κ3) is 2.53. The zero-order valence-corrected chi connectivity index (χ0v) is 12.7. The molecule has 1 atom stereocenters. The first-order chi connectivity index (χ1) is 9.04. The molecule has 1 N–H and O–H groups in total. The SMILES string of the molecule is Clc1cc(Cl)c2c(c1)NC(c1ccc(Cl)c(Cl)c1)C2. The molecule has 0 spiro atoms. The van der Waals surface area contributed by atoms with Crippen LogP contribution in [0.15, 0.2) is 30.3 Å². The minimum Gasteiger partial charge on any atom is -0.378 e. The normalized spacial score (nSPS) is 17.2. The molecule has 1 aliphatic heterocycles. The Balaban J connectivity index is 1.95. The van der Waals surface area contributed by atoms with Crippen LogP contribution in [0.25, 0.3) is 0 Å². The van der Waals surface area contributed by atoms with Crippen LogP contribution in [0.2, 0.25) is 20.1 Å². The summed E-state index contributed by atoms with van der Waals surface area (Å²) in [5, 5.41) is 5.85. The van der Waals surface area contributed by atoms with Crippen molar-refractivity contribution in [2.45, 2.75) is 12.5 Å². The largest absolute Gasteiger partial charge is 0.378 e. The van der Waals surface area contributed by atoms with Crippen molar-refractivity contribution in [3.8, 4) is 0 Å². The number of rotatable bonds is 1. The molecular formula is C14H9Cl4N. The van der Waals surface area contributed by atoms with Gasteiger partial charge in [0.15, 0.2) is 0 Å². The summed E-state index contributed by atoms with van der Waals surface area (Å²) in [6, 6.07) is 9.44. The molecule has 19 heavy (non-hydrogen) atoms. The molecule has 0 aromatic heterocycles. The van der Waals surface area contributed by atoms with Crippen molar-refractivity contribution < 1.29 is 0 Å². The number of fused-ring (bicyclic) bond motifs is 1. The summed E-state index contributed by atoms with van der Waals surface area (Å²) in [5.74, 6) is 0. The quantitative estimate of drug-likeness (QED) is 0.674. The van der Waals surface area contributed by atoms with Gasteiger partial charge < -0.3 is 5.32 Å². The van der Waals surface area contributed by atoms with Crippen LogP contribution in [-0.4, -0.2) is 0 Å². The van der Waals surface area contributed by atoms with E-state index >= 15 is 0 Å². The highest BCUT2D eigenvalue weighted by atomic mass is 35.5. The predicted octanol–water partition coefficient (Wildman–Crippen LogP) is 6.01. The topological polar surface area (TPSA) is 12.0 Å². The van der Waals surface area contributed by atoms with Crippen molar-refractivity contribution in [1.82, 2.24) is 0 Å². The zero-order chi connectivity index (χ0) is 13.6. The van der Waals surface area contributed by atoms with Crippen LogP contribution >= 0.6 is 46.4 Å². The van der Waals surface area contributed by atoms with Gasteiger partial charge in [0.2, 0.25) is 0 Å². The lowest BCUT2D eigenvalue weighted by atomic mass is 10.0. The Morgan fingerprint density at radius 1 is 0.895 bits per heavy atom. The van der Waals surface area contributed by atoms with Gasteiger partial charge in [-0.25, -0.2) is 0 Å². The average Bonchev–Trinajstić information content (AvgIpc) is 2.76. The molecule has 0 radical (unpaired) electrons. The Hall–Kier alpha value is -0.600. The Bertz CT molecular complexity index is 654. The third-order valence-electron chi connectivity index (χ3n) is 3.24. The zero-order valence-electron chi connectivity index (χ0n) is 9.68. The molecule has 3 rings (SSSR count). The molecule has 1 unspecified atom stereocenters. The summed E-state index contributed by atoms with van der Waals surface area (Å²) in [7, 11) is 0. The Kier molecular flexibility index (Phi) is 3.57. The maximum atomic E-state index is 6.21. The van der Waals surface area contributed by atoms with E-state index in [-0.39, 0.29) is 6.04 Å². The second-order valence-corrected chi connectivity index (χ2v) is 6.15. The number of nitrogens with one attached hydrogen (secondary N) is 1. The molecule has 1 nitrogen and oxygen atoms in total. The van der Waals surface area contributed by atoms with Crippen LogP contribution in [0.4, 0.5) is 5.69 Å². The van der Waals surface area contributed by atoms with Gasteiger partial charge in [0.05, 0.1) is 16.1 Å². The van der Waals surface area contributed by atoms with Crippen LogP contribution in [-0.2, 0) is 6.42 Å². The Labute approximate surface area is 131 Å². The van der Waals surface area contributed by atoms with E-state index in [1.165, 1.54) is 0 Å². The fourth-order valence-corrected chi connectivity index (χ4v) is 3.19. The highest BCUT2D eigenvalue weighted by Gasteiger charge is 2.25. The number of benzene rings is 2. The van der Waals surface area contributed by atoms with Crippen LogP contribution in [0.5, 0.6) is 0 Å². The number of hydrogen-bond acceptors (Lipinski definition) is 1. The molecule has 0 saturated heterocycles. The summed E-state index contributed by atoms with van der Waals surface area (Å²) in [4.78, 5) is 0. The van der Waals surface area contributed by atoms with Gasteiger partial charge in [0.1, 0.15) is 0 Å². The monoisotopic (exact) mass is 331 g/mol. The maximum Gasteiger partial charge on any atom is 0.0595 e. The molecule has 5 heteroatoms. The first-order valence-electron chi connectivity index (χ1n) is 5.74. The highest BCUT2D eigenvalue weighted by molar-refractivity contribution is 6.42. The summed E-state index contributed by atoms with van der Waals surface area (Å²) in [5.41, 5.74) is 3.15. The molecular weight excluding hydrogens is 324 g/mol. The van der Waals surface area contributed by atoms with E-state index in [0.717, 1.165) is 23.2 Å². The lowest BCUT2D eigenvalue weighted by Crippen LogP contribution is -2.05. The van der Waals surface area contributed by atoms with Crippen molar-refractivity contribution in [2.75, 3.05) is 5.32 Å². The van der Waals surface area contributed by atoms with Crippen molar-refractivity contribution in [3.63, 3.8) is 0 Å². The van der Waals surface area contributed by atoms with Crippen LogP contribution < -0.4 is 5.32 Å². The van der Waals surface area contributed by atoms with Crippen molar-refractivity contribution in [3.05, 3.63) is 61.5 Å². The van der Waals surface area contributed by atoms with Gasteiger partial charge in [0, 0.05) is 22.2 Å². The summed E-state index contributed by atoms with van der Waals surface area (Å²) in [6.45, 7) is 0. The van der Waals surface area contributed by atoms with Crippen molar-refractivity contribution >= 4 is 52.1 Å². The standard InChI is InChI=1S/C14H9Cl4N/c15-8-4-11(17)9-6-13(19-14(9)5-8)7-1-2-10(16)12(18)3-7/h1-5,13,19H,6H2. The molecule has 0 saturated carbocycles. The molecule has 0 aliphatic carbocycles. The fraction of sp³-hybridized carbons (Fsp3) is 0.143. The lowest BCUT2D eigenvalue weighted by molar-refractivity contribution is 0.824. The molecule has 0 bridgehead atoms. The first kappa shape index (κ1) is 13.4. The molecule has 98 valence electrons. The maximum absolute atomic E-state index is 6.21. The smallest absolute Gasteiger partial charge is 0.0595 e. The molecule has 2 aromatic rings. The van der Waals surface area contributed by atoms with E-state index in [1.807, 2.05) is 18.2 Å². The fourth-order valence-electron chi connectivity index (χ4n) is 2.31. The molecule has 0 amide bonds. The lowest BCUT2D eigenvalue weighted by Gasteiger charge is -2.12. The molecule has 2 aromatic carbocycles. The van der Waals surface area contributed by atoms with E-state index in [0.29, 0.717) is 20.1 Å². The number of hydrogen-bond donors (Lipinski definition) is 1. The van der Waals surface area contributed by atoms with Crippen molar-refractivity contribution in [1.29, 1.82) is 0 Å².